The van der Waals surface area contributed by atoms with Gasteiger partial charge in [0.1, 0.15) is 6.33 Å². The summed E-state index contributed by atoms with van der Waals surface area (Å²) in [7, 11) is -3.60. The summed E-state index contributed by atoms with van der Waals surface area (Å²) in [5, 5.41) is 8.59. The average molecular weight is 365 g/mol. The van der Waals surface area contributed by atoms with E-state index in [9.17, 15) is 13.2 Å². The number of carbonyl (C=O) groups excluding carboxylic acids is 1. The number of hydrogen-bond donors (Lipinski definition) is 2. The quantitative estimate of drug-likeness (QED) is 0.684. The molecule has 0 aliphatic carbocycles. The van der Waals surface area contributed by atoms with Crippen molar-refractivity contribution >= 4 is 37.9 Å². The Hall–Kier alpha value is -2.30. The predicted octanol–water partition coefficient (Wildman–Crippen LogP) is 1.27. The van der Waals surface area contributed by atoms with Crippen LogP contribution in [0.15, 0.2) is 40.9 Å². The number of rotatable bonds is 6. The van der Waals surface area contributed by atoms with Crippen LogP contribution in [0.5, 0.6) is 0 Å². The van der Waals surface area contributed by atoms with Gasteiger partial charge in [-0.15, -0.1) is 11.3 Å². The van der Waals surface area contributed by atoms with E-state index in [0.717, 1.165) is 10.7 Å². The molecule has 0 unspecified atom stereocenters. The first-order valence-electron chi connectivity index (χ1n) is 7.09. The molecule has 0 saturated heterocycles. The van der Waals surface area contributed by atoms with E-state index in [0.29, 0.717) is 12.1 Å². The number of amides is 1. The van der Waals surface area contributed by atoms with E-state index in [4.69, 9.17) is 0 Å². The predicted molar refractivity (Wildman–Crippen MR) is 90.5 cm³/mol. The van der Waals surface area contributed by atoms with Gasteiger partial charge >= 0.3 is 0 Å². The highest BCUT2D eigenvalue weighted by Crippen LogP contribution is 2.15. The Morgan fingerprint density at radius 1 is 1.29 bits per heavy atom. The summed E-state index contributed by atoms with van der Waals surface area (Å²) in [5.74, 6) is -0.209. The molecule has 0 bridgehead atoms. The topological polar surface area (TPSA) is 105 Å². The number of nitrogens with zero attached hydrogens (tertiary/aromatic N) is 3. The standard InChI is InChI=1S/C14H15N5O3S2/c1-10(20)18-11-2-4-13(5-3-11)24(21,22)17-7-6-12-8-23-14-15-9-16-19(12)14/h2-5,8-9,17H,6-7H2,1H3,(H,18,20). The van der Waals surface area contributed by atoms with Crippen molar-refractivity contribution in [1.29, 1.82) is 0 Å². The summed E-state index contributed by atoms with van der Waals surface area (Å²) in [6.07, 6.45) is 1.97. The molecule has 126 valence electrons. The van der Waals surface area contributed by atoms with E-state index in [1.807, 2.05) is 5.38 Å². The summed E-state index contributed by atoms with van der Waals surface area (Å²) >= 11 is 1.46. The Morgan fingerprint density at radius 3 is 2.75 bits per heavy atom. The van der Waals surface area contributed by atoms with Crippen LogP contribution >= 0.6 is 11.3 Å². The van der Waals surface area contributed by atoms with Crippen molar-refractivity contribution in [3.8, 4) is 0 Å². The van der Waals surface area contributed by atoms with Crippen molar-refractivity contribution < 1.29 is 13.2 Å². The maximum absolute atomic E-state index is 12.3. The van der Waals surface area contributed by atoms with Gasteiger partial charge in [-0.3, -0.25) is 4.79 Å². The maximum atomic E-state index is 12.3. The number of aromatic nitrogens is 3. The molecule has 10 heteroatoms. The zero-order chi connectivity index (χ0) is 17.2. The maximum Gasteiger partial charge on any atom is 0.240 e. The van der Waals surface area contributed by atoms with E-state index >= 15 is 0 Å². The minimum atomic E-state index is -3.60. The van der Waals surface area contributed by atoms with E-state index < -0.39 is 10.0 Å². The van der Waals surface area contributed by atoms with E-state index in [-0.39, 0.29) is 17.3 Å². The second kappa shape index (κ2) is 6.67. The number of nitrogens with one attached hydrogen (secondary N) is 2. The van der Waals surface area contributed by atoms with Crippen molar-refractivity contribution in [2.45, 2.75) is 18.2 Å². The van der Waals surface area contributed by atoms with Gasteiger partial charge < -0.3 is 5.32 Å². The molecule has 2 heterocycles. The molecule has 2 N–H and O–H groups in total. The third-order valence-corrected chi connectivity index (χ3v) is 5.60. The lowest BCUT2D eigenvalue weighted by atomic mass is 10.3. The summed E-state index contributed by atoms with van der Waals surface area (Å²) in [6, 6.07) is 6.00. The van der Waals surface area contributed by atoms with Crippen LogP contribution in [0.4, 0.5) is 5.69 Å². The molecule has 0 radical (unpaired) electrons. The lowest BCUT2D eigenvalue weighted by Gasteiger charge is -2.07. The number of fused-ring (bicyclic) bond motifs is 1. The molecule has 0 aliphatic heterocycles. The lowest BCUT2D eigenvalue weighted by Crippen LogP contribution is -2.26. The van der Waals surface area contributed by atoms with Crippen molar-refractivity contribution in [3.05, 3.63) is 41.7 Å². The fourth-order valence-corrected chi connectivity index (χ4v) is 4.02. The van der Waals surface area contributed by atoms with Crippen LogP contribution in [-0.2, 0) is 21.2 Å². The molecule has 0 fully saturated rings. The van der Waals surface area contributed by atoms with E-state index in [2.05, 4.69) is 20.1 Å². The molecule has 0 atom stereocenters. The molecule has 0 spiro atoms. The van der Waals surface area contributed by atoms with Gasteiger partial charge in [-0.25, -0.2) is 22.6 Å². The van der Waals surface area contributed by atoms with Crippen molar-refractivity contribution in [2.75, 3.05) is 11.9 Å². The van der Waals surface area contributed by atoms with Crippen LogP contribution in [0.25, 0.3) is 4.96 Å². The van der Waals surface area contributed by atoms with Crippen molar-refractivity contribution in [3.63, 3.8) is 0 Å². The first kappa shape index (κ1) is 16.6. The summed E-state index contributed by atoms with van der Waals surface area (Å²) in [4.78, 5) is 16.0. The zero-order valence-corrected chi connectivity index (χ0v) is 14.4. The minimum Gasteiger partial charge on any atom is -0.326 e. The summed E-state index contributed by atoms with van der Waals surface area (Å²) in [6.45, 7) is 1.64. The SMILES string of the molecule is CC(=O)Nc1ccc(S(=O)(=O)NCCc2csc3ncnn23)cc1. The largest absolute Gasteiger partial charge is 0.326 e. The summed E-state index contributed by atoms with van der Waals surface area (Å²) < 4.78 is 28.8. The molecule has 8 nitrogen and oxygen atoms in total. The normalized spacial score (nSPS) is 11.7. The van der Waals surface area contributed by atoms with Crippen LogP contribution in [0.2, 0.25) is 0 Å². The van der Waals surface area contributed by atoms with Crippen LogP contribution in [0, 0.1) is 0 Å². The summed E-state index contributed by atoms with van der Waals surface area (Å²) in [5.41, 5.74) is 1.45. The second-order valence-electron chi connectivity index (χ2n) is 5.03. The highest BCUT2D eigenvalue weighted by molar-refractivity contribution is 7.89. The Morgan fingerprint density at radius 2 is 2.04 bits per heavy atom. The first-order valence-corrected chi connectivity index (χ1v) is 9.45. The Kier molecular flexibility index (Phi) is 4.60. The second-order valence-corrected chi connectivity index (χ2v) is 7.64. The molecule has 0 saturated carbocycles. The minimum absolute atomic E-state index is 0.146. The number of thiazole rings is 1. The molecular formula is C14H15N5O3S2. The highest BCUT2D eigenvalue weighted by atomic mass is 32.2. The van der Waals surface area contributed by atoms with Crippen LogP contribution in [0.3, 0.4) is 0 Å². The molecular weight excluding hydrogens is 350 g/mol. The number of hydrogen-bond acceptors (Lipinski definition) is 6. The lowest BCUT2D eigenvalue weighted by molar-refractivity contribution is -0.114. The van der Waals surface area contributed by atoms with Gasteiger partial charge in [-0.2, -0.15) is 5.10 Å². The number of benzene rings is 1. The highest BCUT2D eigenvalue weighted by Gasteiger charge is 2.14. The number of sulfonamides is 1. The van der Waals surface area contributed by atoms with Gasteiger partial charge in [0.25, 0.3) is 0 Å². The van der Waals surface area contributed by atoms with Gasteiger partial charge in [0.15, 0.2) is 0 Å². The fourth-order valence-electron chi connectivity index (χ4n) is 2.16. The average Bonchev–Trinajstić information content (AvgIpc) is 3.12. The van der Waals surface area contributed by atoms with Gasteiger partial charge in [0.2, 0.25) is 20.9 Å². The molecule has 3 aromatic rings. The van der Waals surface area contributed by atoms with Gasteiger partial charge in [0, 0.05) is 31.0 Å². The number of anilines is 1. The van der Waals surface area contributed by atoms with E-state index in [1.165, 1.54) is 36.7 Å². The van der Waals surface area contributed by atoms with Gasteiger partial charge in [-0.1, -0.05) is 0 Å². The van der Waals surface area contributed by atoms with Crippen molar-refractivity contribution in [1.82, 2.24) is 19.3 Å². The Balaban J connectivity index is 1.63. The molecule has 2 aromatic heterocycles. The van der Waals surface area contributed by atoms with Crippen LogP contribution in [-0.4, -0.2) is 35.5 Å². The molecule has 24 heavy (non-hydrogen) atoms. The van der Waals surface area contributed by atoms with E-state index in [1.54, 1.807) is 16.6 Å². The van der Waals surface area contributed by atoms with Crippen LogP contribution in [0.1, 0.15) is 12.6 Å². The van der Waals surface area contributed by atoms with Gasteiger partial charge in [-0.05, 0) is 24.3 Å². The third-order valence-electron chi connectivity index (χ3n) is 3.25. The zero-order valence-electron chi connectivity index (χ0n) is 12.8. The third kappa shape index (κ3) is 3.61. The fraction of sp³-hybridized carbons (Fsp3) is 0.214. The Labute approximate surface area is 142 Å². The van der Waals surface area contributed by atoms with Crippen molar-refractivity contribution in [2.24, 2.45) is 0 Å². The first-order chi connectivity index (χ1) is 11.5. The molecule has 3 rings (SSSR count). The smallest absolute Gasteiger partial charge is 0.240 e. The van der Waals surface area contributed by atoms with Crippen LogP contribution < -0.4 is 10.0 Å². The molecule has 1 aromatic carbocycles. The number of carbonyl (C=O) groups is 1. The molecule has 0 aliphatic rings. The molecule has 1 amide bonds. The monoisotopic (exact) mass is 365 g/mol. The Bertz CT molecular complexity index is 960. The van der Waals surface area contributed by atoms with Gasteiger partial charge in [0.05, 0.1) is 10.6 Å².